The molecule has 4 unspecified atom stereocenters. The fourth-order valence-corrected chi connectivity index (χ4v) is 3.24. The van der Waals surface area contributed by atoms with Crippen LogP contribution in [0, 0.1) is 17.7 Å². The van der Waals surface area contributed by atoms with E-state index in [2.05, 4.69) is 26.1 Å². The van der Waals surface area contributed by atoms with Gasteiger partial charge in [-0.25, -0.2) is 4.39 Å². The van der Waals surface area contributed by atoms with Gasteiger partial charge in [0.15, 0.2) is 11.6 Å². The maximum absolute atomic E-state index is 13.8. The Balaban J connectivity index is 2.10. The van der Waals surface area contributed by atoms with Crippen LogP contribution in [0.25, 0.3) is 0 Å². The lowest BCUT2D eigenvalue weighted by Gasteiger charge is -2.40. The molecule has 0 aromatic heterocycles. The van der Waals surface area contributed by atoms with Crippen LogP contribution in [0.2, 0.25) is 0 Å². The van der Waals surface area contributed by atoms with Gasteiger partial charge in [0, 0.05) is 6.04 Å². The largest absolute Gasteiger partial charge is 0.485 e. The van der Waals surface area contributed by atoms with E-state index >= 15 is 0 Å². The molecular formula is C17H26FNO. The molecule has 2 rings (SSSR count). The van der Waals surface area contributed by atoms with Gasteiger partial charge in [-0.05, 0) is 49.8 Å². The van der Waals surface area contributed by atoms with Crippen LogP contribution in [0.15, 0.2) is 24.3 Å². The molecule has 0 radical (unpaired) electrons. The molecule has 4 atom stereocenters. The average Bonchev–Trinajstić information content (AvgIpc) is 2.41. The molecule has 1 N–H and O–H groups in total. The van der Waals surface area contributed by atoms with Crippen molar-refractivity contribution in [1.29, 1.82) is 0 Å². The van der Waals surface area contributed by atoms with Crippen LogP contribution >= 0.6 is 0 Å². The molecule has 1 aromatic carbocycles. The number of hydrogen-bond donors (Lipinski definition) is 1. The summed E-state index contributed by atoms with van der Waals surface area (Å²) in [5, 5.41) is 3.57. The second-order valence-electron chi connectivity index (χ2n) is 6.13. The molecular weight excluding hydrogens is 253 g/mol. The molecule has 1 aliphatic carbocycles. The van der Waals surface area contributed by atoms with E-state index in [4.69, 9.17) is 4.74 Å². The zero-order chi connectivity index (χ0) is 14.5. The Morgan fingerprint density at radius 3 is 2.70 bits per heavy atom. The van der Waals surface area contributed by atoms with Gasteiger partial charge in [-0.15, -0.1) is 0 Å². The van der Waals surface area contributed by atoms with Crippen molar-refractivity contribution in [2.75, 3.05) is 6.54 Å². The summed E-state index contributed by atoms with van der Waals surface area (Å²) in [7, 11) is 0. The Labute approximate surface area is 121 Å². The molecule has 0 bridgehead atoms. The minimum absolute atomic E-state index is 0.0506. The smallest absolute Gasteiger partial charge is 0.165 e. The van der Waals surface area contributed by atoms with Gasteiger partial charge < -0.3 is 10.1 Å². The normalized spacial score (nSPS) is 30.2. The Morgan fingerprint density at radius 2 is 2.00 bits per heavy atom. The highest BCUT2D eigenvalue weighted by Gasteiger charge is 2.35. The van der Waals surface area contributed by atoms with E-state index in [1.807, 2.05) is 6.07 Å². The van der Waals surface area contributed by atoms with Gasteiger partial charge in [0.2, 0.25) is 0 Å². The summed E-state index contributed by atoms with van der Waals surface area (Å²) in [5.41, 5.74) is 0. The van der Waals surface area contributed by atoms with Gasteiger partial charge in [-0.2, -0.15) is 0 Å². The first-order valence-corrected chi connectivity index (χ1v) is 7.76. The van der Waals surface area contributed by atoms with Crippen LogP contribution in [-0.4, -0.2) is 18.7 Å². The van der Waals surface area contributed by atoms with Crippen LogP contribution in [0.4, 0.5) is 4.39 Å². The van der Waals surface area contributed by atoms with E-state index in [0.29, 0.717) is 23.6 Å². The molecule has 112 valence electrons. The minimum Gasteiger partial charge on any atom is -0.485 e. The molecule has 3 heteroatoms. The van der Waals surface area contributed by atoms with Gasteiger partial charge in [0.25, 0.3) is 0 Å². The molecule has 1 aliphatic rings. The second kappa shape index (κ2) is 7.07. The van der Waals surface area contributed by atoms with Crippen molar-refractivity contribution in [2.45, 2.75) is 52.2 Å². The molecule has 0 saturated heterocycles. The monoisotopic (exact) mass is 279 g/mol. The molecule has 20 heavy (non-hydrogen) atoms. The summed E-state index contributed by atoms with van der Waals surface area (Å²) in [5.74, 6) is 1.24. The van der Waals surface area contributed by atoms with E-state index < -0.39 is 0 Å². The van der Waals surface area contributed by atoms with Crippen molar-refractivity contribution in [3.63, 3.8) is 0 Å². The molecule has 0 amide bonds. The number of nitrogens with one attached hydrogen (secondary N) is 1. The topological polar surface area (TPSA) is 21.3 Å². The first-order chi connectivity index (χ1) is 9.61. The standard InChI is InChI=1S/C17H26FNO/c1-4-9-19-15-11-12(2)10-13(3)17(15)20-16-8-6-5-7-14(16)18/h5-8,12-13,15,17,19H,4,9-11H2,1-3H3. The maximum Gasteiger partial charge on any atom is 0.165 e. The van der Waals surface area contributed by atoms with Crippen molar-refractivity contribution in [3.05, 3.63) is 30.1 Å². The van der Waals surface area contributed by atoms with E-state index in [1.54, 1.807) is 12.1 Å². The highest BCUT2D eigenvalue weighted by molar-refractivity contribution is 5.24. The van der Waals surface area contributed by atoms with Crippen molar-refractivity contribution in [2.24, 2.45) is 11.8 Å². The Kier molecular flexibility index (Phi) is 5.41. The first-order valence-electron chi connectivity index (χ1n) is 7.76. The molecule has 0 spiro atoms. The van der Waals surface area contributed by atoms with E-state index in [9.17, 15) is 4.39 Å². The summed E-state index contributed by atoms with van der Waals surface area (Å²) in [4.78, 5) is 0. The quantitative estimate of drug-likeness (QED) is 0.879. The van der Waals surface area contributed by atoms with Crippen molar-refractivity contribution in [3.8, 4) is 5.75 Å². The number of para-hydroxylation sites is 1. The van der Waals surface area contributed by atoms with Gasteiger partial charge in [-0.3, -0.25) is 0 Å². The zero-order valence-electron chi connectivity index (χ0n) is 12.7. The highest BCUT2D eigenvalue weighted by atomic mass is 19.1. The minimum atomic E-state index is -0.271. The van der Waals surface area contributed by atoms with E-state index in [-0.39, 0.29) is 11.9 Å². The van der Waals surface area contributed by atoms with Crippen LogP contribution < -0.4 is 10.1 Å². The second-order valence-corrected chi connectivity index (χ2v) is 6.13. The maximum atomic E-state index is 13.8. The van der Waals surface area contributed by atoms with Crippen LogP contribution in [-0.2, 0) is 0 Å². The lowest BCUT2D eigenvalue weighted by atomic mass is 9.78. The molecule has 1 aromatic rings. The van der Waals surface area contributed by atoms with E-state index in [0.717, 1.165) is 25.8 Å². The van der Waals surface area contributed by atoms with Crippen molar-refractivity contribution >= 4 is 0 Å². The van der Waals surface area contributed by atoms with Crippen LogP contribution in [0.3, 0.4) is 0 Å². The van der Waals surface area contributed by atoms with Crippen LogP contribution in [0.5, 0.6) is 5.75 Å². The average molecular weight is 279 g/mol. The van der Waals surface area contributed by atoms with Crippen molar-refractivity contribution < 1.29 is 9.13 Å². The summed E-state index contributed by atoms with van der Waals surface area (Å²) in [6.45, 7) is 7.65. The lowest BCUT2D eigenvalue weighted by Crippen LogP contribution is -2.51. The van der Waals surface area contributed by atoms with Gasteiger partial charge >= 0.3 is 0 Å². The molecule has 2 nitrogen and oxygen atoms in total. The number of ether oxygens (including phenoxy) is 1. The number of rotatable bonds is 5. The third kappa shape index (κ3) is 3.72. The third-order valence-electron chi connectivity index (χ3n) is 4.14. The van der Waals surface area contributed by atoms with Gasteiger partial charge in [0.05, 0.1) is 0 Å². The zero-order valence-corrected chi connectivity index (χ0v) is 12.7. The van der Waals surface area contributed by atoms with Crippen molar-refractivity contribution in [1.82, 2.24) is 5.32 Å². The van der Waals surface area contributed by atoms with Gasteiger partial charge in [-0.1, -0.05) is 32.9 Å². The number of hydrogen-bond acceptors (Lipinski definition) is 2. The Bertz CT molecular complexity index is 423. The summed E-state index contributed by atoms with van der Waals surface area (Å²) in [6, 6.07) is 7.01. The van der Waals surface area contributed by atoms with Crippen LogP contribution in [0.1, 0.15) is 40.0 Å². The van der Waals surface area contributed by atoms with E-state index in [1.165, 1.54) is 6.07 Å². The molecule has 1 saturated carbocycles. The third-order valence-corrected chi connectivity index (χ3v) is 4.14. The Morgan fingerprint density at radius 1 is 1.25 bits per heavy atom. The fraction of sp³-hybridized carbons (Fsp3) is 0.647. The fourth-order valence-electron chi connectivity index (χ4n) is 3.24. The number of benzene rings is 1. The molecule has 1 fully saturated rings. The Hall–Kier alpha value is -1.09. The molecule has 0 aliphatic heterocycles. The van der Waals surface area contributed by atoms with Gasteiger partial charge in [0.1, 0.15) is 6.10 Å². The first kappa shape index (κ1) is 15.3. The summed E-state index contributed by atoms with van der Waals surface area (Å²) >= 11 is 0. The highest BCUT2D eigenvalue weighted by Crippen LogP contribution is 2.32. The SMILES string of the molecule is CCCNC1CC(C)CC(C)C1Oc1ccccc1F. The lowest BCUT2D eigenvalue weighted by molar-refractivity contribution is 0.0448. The predicted octanol–water partition coefficient (Wildman–Crippen LogP) is 4.01. The molecule has 0 heterocycles. The number of halogens is 1. The summed E-state index contributed by atoms with van der Waals surface area (Å²) < 4.78 is 19.8. The summed E-state index contributed by atoms with van der Waals surface area (Å²) in [6.07, 6.45) is 3.40. The predicted molar refractivity (Wildman–Crippen MR) is 80.5 cm³/mol.